The third-order valence-electron chi connectivity index (χ3n) is 6.57. The SMILES string of the molecule is Cc1cc(C)c2nc(N3CCCC(C(=O)NC4CCCc5ccccc54)C3)sc2c1. The summed E-state index contributed by atoms with van der Waals surface area (Å²) in [7, 11) is 0. The average molecular weight is 420 g/mol. The van der Waals surface area contributed by atoms with Crippen molar-refractivity contribution in [2.45, 2.75) is 52.0 Å². The molecular weight excluding hydrogens is 390 g/mol. The van der Waals surface area contributed by atoms with Gasteiger partial charge < -0.3 is 10.2 Å². The van der Waals surface area contributed by atoms with Crippen molar-refractivity contribution in [1.82, 2.24) is 10.3 Å². The molecule has 1 N–H and O–H groups in total. The molecular formula is C25H29N3OS. The Morgan fingerprint density at radius 3 is 2.93 bits per heavy atom. The van der Waals surface area contributed by atoms with Crippen molar-refractivity contribution < 1.29 is 4.79 Å². The first kappa shape index (κ1) is 19.6. The predicted octanol–water partition coefficient (Wildman–Crippen LogP) is 5.32. The maximum atomic E-state index is 13.2. The minimum absolute atomic E-state index is 0.0303. The van der Waals surface area contributed by atoms with E-state index in [0.717, 1.165) is 55.8 Å². The van der Waals surface area contributed by atoms with Crippen LogP contribution >= 0.6 is 11.3 Å². The van der Waals surface area contributed by atoms with Gasteiger partial charge in [-0.2, -0.15) is 0 Å². The van der Waals surface area contributed by atoms with Crippen molar-refractivity contribution in [3.63, 3.8) is 0 Å². The zero-order chi connectivity index (χ0) is 20.7. The minimum Gasteiger partial charge on any atom is -0.349 e. The van der Waals surface area contributed by atoms with Crippen molar-refractivity contribution in [2.24, 2.45) is 5.92 Å². The molecule has 1 amide bonds. The van der Waals surface area contributed by atoms with Crippen LogP contribution in [0.5, 0.6) is 0 Å². The van der Waals surface area contributed by atoms with Crippen LogP contribution in [0, 0.1) is 19.8 Å². The Balaban J connectivity index is 1.31. The molecule has 5 rings (SSSR count). The van der Waals surface area contributed by atoms with Crippen LogP contribution in [0.15, 0.2) is 36.4 Å². The summed E-state index contributed by atoms with van der Waals surface area (Å²) >= 11 is 1.76. The van der Waals surface area contributed by atoms with E-state index in [4.69, 9.17) is 4.98 Å². The molecule has 0 bridgehead atoms. The molecule has 1 aliphatic heterocycles. The van der Waals surface area contributed by atoms with Gasteiger partial charge in [-0.3, -0.25) is 4.79 Å². The number of carbonyl (C=O) groups excluding carboxylic acids is 1. The summed E-state index contributed by atoms with van der Waals surface area (Å²) in [5.74, 6) is 0.234. The Morgan fingerprint density at radius 2 is 2.03 bits per heavy atom. The van der Waals surface area contributed by atoms with Crippen LogP contribution in [0.4, 0.5) is 5.13 Å². The molecule has 1 fully saturated rings. The third kappa shape index (κ3) is 3.71. The van der Waals surface area contributed by atoms with Gasteiger partial charge in [-0.05, 0) is 74.3 Å². The molecule has 4 nitrogen and oxygen atoms in total. The van der Waals surface area contributed by atoms with Gasteiger partial charge >= 0.3 is 0 Å². The Hall–Kier alpha value is -2.40. The van der Waals surface area contributed by atoms with Crippen LogP contribution in [0.3, 0.4) is 0 Å². The van der Waals surface area contributed by atoms with E-state index in [1.807, 2.05) is 0 Å². The van der Waals surface area contributed by atoms with Gasteiger partial charge in [0.05, 0.1) is 22.2 Å². The summed E-state index contributed by atoms with van der Waals surface area (Å²) in [5, 5.41) is 4.43. The highest BCUT2D eigenvalue weighted by Crippen LogP contribution is 2.34. The van der Waals surface area contributed by atoms with E-state index in [2.05, 4.69) is 60.5 Å². The number of benzene rings is 2. The first-order valence-corrected chi connectivity index (χ1v) is 11.9. The van der Waals surface area contributed by atoms with E-state index in [-0.39, 0.29) is 17.9 Å². The standard InChI is InChI=1S/C25H29N3OS/c1-16-13-17(2)23-22(14-16)30-25(27-23)28-12-6-9-19(15-28)24(29)26-21-11-5-8-18-7-3-4-10-20(18)21/h3-4,7,10,13-14,19,21H,5-6,8-9,11-12,15H2,1-2H3,(H,26,29). The maximum Gasteiger partial charge on any atom is 0.225 e. The molecule has 1 aliphatic carbocycles. The zero-order valence-electron chi connectivity index (χ0n) is 17.8. The van der Waals surface area contributed by atoms with Crippen LogP contribution in [-0.2, 0) is 11.2 Å². The van der Waals surface area contributed by atoms with Gasteiger partial charge in [-0.1, -0.05) is 41.7 Å². The lowest BCUT2D eigenvalue weighted by Gasteiger charge is -2.33. The van der Waals surface area contributed by atoms with Gasteiger partial charge in [0.15, 0.2) is 5.13 Å². The lowest BCUT2D eigenvalue weighted by atomic mass is 9.87. The van der Waals surface area contributed by atoms with Crippen molar-refractivity contribution in [1.29, 1.82) is 0 Å². The largest absolute Gasteiger partial charge is 0.349 e. The van der Waals surface area contributed by atoms with Crippen molar-refractivity contribution in [3.05, 3.63) is 58.7 Å². The number of hydrogen-bond acceptors (Lipinski definition) is 4. The number of carbonyl (C=O) groups is 1. The number of rotatable bonds is 3. The van der Waals surface area contributed by atoms with Gasteiger partial charge in [0.2, 0.25) is 5.91 Å². The van der Waals surface area contributed by atoms with Crippen LogP contribution in [0.2, 0.25) is 0 Å². The van der Waals surface area contributed by atoms with Crippen molar-refractivity contribution in [3.8, 4) is 0 Å². The highest BCUT2D eigenvalue weighted by atomic mass is 32.1. The number of hydrogen-bond donors (Lipinski definition) is 1. The number of nitrogens with one attached hydrogen (secondary N) is 1. The second kappa shape index (κ2) is 8.03. The second-order valence-corrected chi connectivity index (χ2v) is 9.87. The van der Waals surface area contributed by atoms with Crippen LogP contribution in [0.1, 0.15) is 54.0 Å². The van der Waals surface area contributed by atoms with Crippen LogP contribution in [0.25, 0.3) is 10.2 Å². The Bertz CT molecular complexity index is 1090. The molecule has 2 aliphatic rings. The van der Waals surface area contributed by atoms with Gasteiger partial charge in [-0.15, -0.1) is 0 Å². The Labute approximate surface area is 182 Å². The van der Waals surface area contributed by atoms with E-state index in [1.54, 1.807) is 11.3 Å². The van der Waals surface area contributed by atoms with E-state index < -0.39 is 0 Å². The molecule has 2 heterocycles. The smallest absolute Gasteiger partial charge is 0.225 e. The van der Waals surface area contributed by atoms with Gasteiger partial charge in [0.25, 0.3) is 0 Å². The highest BCUT2D eigenvalue weighted by Gasteiger charge is 2.30. The number of aromatic nitrogens is 1. The molecule has 0 saturated carbocycles. The number of amides is 1. The minimum atomic E-state index is 0.0303. The number of aryl methyl sites for hydroxylation is 3. The molecule has 0 radical (unpaired) electrons. The molecule has 30 heavy (non-hydrogen) atoms. The van der Waals surface area contributed by atoms with Crippen LogP contribution in [-0.4, -0.2) is 24.0 Å². The van der Waals surface area contributed by atoms with Gasteiger partial charge in [0.1, 0.15) is 0 Å². The van der Waals surface area contributed by atoms with E-state index in [0.29, 0.717) is 0 Å². The monoisotopic (exact) mass is 419 g/mol. The summed E-state index contributed by atoms with van der Waals surface area (Å²) in [6.45, 7) is 6.01. The summed E-state index contributed by atoms with van der Waals surface area (Å²) < 4.78 is 1.24. The van der Waals surface area contributed by atoms with Crippen LogP contribution < -0.4 is 10.2 Å². The highest BCUT2D eigenvalue weighted by molar-refractivity contribution is 7.22. The number of fused-ring (bicyclic) bond motifs is 2. The number of piperidine rings is 1. The van der Waals surface area contributed by atoms with E-state index in [1.165, 1.54) is 27.0 Å². The van der Waals surface area contributed by atoms with Gasteiger partial charge in [0, 0.05) is 13.1 Å². The fourth-order valence-corrected chi connectivity index (χ4v) is 6.23. The Morgan fingerprint density at radius 1 is 1.17 bits per heavy atom. The van der Waals surface area contributed by atoms with Gasteiger partial charge in [-0.25, -0.2) is 4.98 Å². The number of thiazole rings is 1. The normalized spacial score (nSPS) is 21.5. The molecule has 5 heteroatoms. The maximum absolute atomic E-state index is 13.2. The first-order chi connectivity index (χ1) is 14.6. The molecule has 156 valence electrons. The zero-order valence-corrected chi connectivity index (χ0v) is 18.6. The lowest BCUT2D eigenvalue weighted by molar-refractivity contribution is -0.126. The molecule has 1 saturated heterocycles. The fourth-order valence-electron chi connectivity index (χ4n) is 5.05. The molecule has 2 atom stereocenters. The van der Waals surface area contributed by atoms with E-state index in [9.17, 15) is 4.79 Å². The molecule has 2 aromatic carbocycles. The quantitative estimate of drug-likeness (QED) is 0.625. The van der Waals surface area contributed by atoms with Crippen molar-refractivity contribution in [2.75, 3.05) is 18.0 Å². The summed E-state index contributed by atoms with van der Waals surface area (Å²) in [4.78, 5) is 20.4. The fraction of sp³-hybridized carbons (Fsp3) is 0.440. The second-order valence-electron chi connectivity index (χ2n) is 8.86. The number of nitrogens with zero attached hydrogens (tertiary/aromatic N) is 2. The molecule has 0 spiro atoms. The lowest BCUT2D eigenvalue weighted by Crippen LogP contribution is -2.44. The average Bonchev–Trinajstić information content (AvgIpc) is 3.19. The molecule has 3 aromatic rings. The summed E-state index contributed by atoms with van der Waals surface area (Å²) in [5.41, 5.74) is 6.31. The summed E-state index contributed by atoms with van der Waals surface area (Å²) in [6.07, 6.45) is 5.29. The molecule has 2 unspecified atom stereocenters. The Kier molecular flexibility index (Phi) is 5.23. The predicted molar refractivity (Wildman–Crippen MR) is 124 cm³/mol. The topological polar surface area (TPSA) is 45.2 Å². The third-order valence-corrected chi connectivity index (χ3v) is 7.63. The summed E-state index contributed by atoms with van der Waals surface area (Å²) in [6, 6.07) is 13.1. The number of anilines is 1. The first-order valence-electron chi connectivity index (χ1n) is 11.1. The van der Waals surface area contributed by atoms with E-state index >= 15 is 0 Å². The van der Waals surface area contributed by atoms with Crippen molar-refractivity contribution >= 4 is 32.6 Å². The molecule has 1 aromatic heterocycles.